The molecule has 0 radical (unpaired) electrons. The Hall–Kier alpha value is -2.83. The minimum absolute atomic E-state index is 0.147. The van der Waals surface area contributed by atoms with Crippen molar-refractivity contribution in [1.82, 2.24) is 20.4 Å². The van der Waals surface area contributed by atoms with Crippen LogP contribution in [0, 0.1) is 6.92 Å². The zero-order valence-electron chi connectivity index (χ0n) is 14.6. The van der Waals surface area contributed by atoms with Crippen molar-refractivity contribution in [3.8, 4) is 5.75 Å². The van der Waals surface area contributed by atoms with Gasteiger partial charge in [0.25, 0.3) is 11.8 Å². The van der Waals surface area contributed by atoms with Gasteiger partial charge in [-0.2, -0.15) is 5.10 Å². The van der Waals surface area contributed by atoms with Gasteiger partial charge in [0.1, 0.15) is 11.4 Å². The van der Waals surface area contributed by atoms with Crippen LogP contribution in [-0.4, -0.2) is 53.2 Å². The van der Waals surface area contributed by atoms with Crippen molar-refractivity contribution in [1.29, 1.82) is 0 Å². The lowest BCUT2D eigenvalue weighted by Gasteiger charge is -2.25. The summed E-state index contributed by atoms with van der Waals surface area (Å²) in [5.41, 5.74) is 2.94. The molecule has 0 spiro atoms. The molecule has 0 bridgehead atoms. The highest BCUT2D eigenvalue weighted by molar-refractivity contribution is 5.95. The van der Waals surface area contributed by atoms with Crippen molar-refractivity contribution in [2.75, 3.05) is 20.2 Å². The van der Waals surface area contributed by atoms with Crippen LogP contribution < -0.4 is 10.1 Å². The van der Waals surface area contributed by atoms with E-state index < -0.39 is 0 Å². The van der Waals surface area contributed by atoms with Crippen LogP contribution in [-0.2, 0) is 6.42 Å². The highest BCUT2D eigenvalue weighted by Gasteiger charge is 2.21. The minimum atomic E-state index is -0.156. The summed E-state index contributed by atoms with van der Waals surface area (Å²) in [4.78, 5) is 26.4. The average Bonchev–Trinajstić information content (AvgIpc) is 3.25. The summed E-state index contributed by atoms with van der Waals surface area (Å²) in [5.74, 6) is 0.553. The number of H-pyrrole nitrogens is 1. The molecule has 2 heterocycles. The summed E-state index contributed by atoms with van der Waals surface area (Å²) >= 11 is 0. The first kappa shape index (κ1) is 17.0. The zero-order chi connectivity index (χ0) is 18.0. The van der Waals surface area contributed by atoms with Crippen LogP contribution in [0.5, 0.6) is 5.75 Å². The molecule has 1 aromatic carbocycles. The Morgan fingerprint density at radius 1 is 1.44 bits per heavy atom. The number of nitrogens with zero attached hydrogens (tertiary/aromatic N) is 2. The summed E-state index contributed by atoms with van der Waals surface area (Å²) in [6, 6.07) is 5.30. The van der Waals surface area contributed by atoms with Crippen molar-refractivity contribution in [3.05, 3.63) is 46.8 Å². The van der Waals surface area contributed by atoms with Gasteiger partial charge in [-0.05, 0) is 43.2 Å². The number of aromatic nitrogens is 2. The number of hydrogen-bond donors (Lipinski definition) is 2. The number of benzene rings is 1. The molecular weight excluding hydrogens is 320 g/mol. The molecule has 2 N–H and O–H groups in total. The van der Waals surface area contributed by atoms with E-state index in [4.69, 9.17) is 4.74 Å². The van der Waals surface area contributed by atoms with Gasteiger partial charge in [-0.15, -0.1) is 0 Å². The number of aryl methyl sites for hydroxylation is 1. The molecule has 1 atom stereocenters. The van der Waals surface area contributed by atoms with Gasteiger partial charge in [0.15, 0.2) is 0 Å². The molecule has 2 aromatic rings. The number of ether oxygens (including phenoxy) is 1. The fraction of sp³-hybridized carbons (Fsp3) is 0.389. The lowest BCUT2D eigenvalue weighted by atomic mass is 10.1. The lowest BCUT2D eigenvalue weighted by Crippen LogP contribution is -2.43. The highest BCUT2D eigenvalue weighted by Crippen LogP contribution is 2.25. The summed E-state index contributed by atoms with van der Waals surface area (Å²) in [6.07, 6.45) is 2.44. The highest BCUT2D eigenvalue weighted by atomic mass is 16.5. The predicted molar refractivity (Wildman–Crippen MR) is 92.9 cm³/mol. The number of likely N-dealkylation sites (N-methyl/N-ethyl adjacent to an activating group) is 1. The maximum atomic E-state index is 12.4. The summed E-state index contributed by atoms with van der Waals surface area (Å²) in [7, 11) is 1.71. The Balaban J connectivity index is 1.58. The second-order valence-corrected chi connectivity index (χ2v) is 6.32. The molecule has 0 saturated heterocycles. The SMILES string of the molecule is Cc1cn[nH]c1C(=O)N(C)C(C)CNC(=O)c1ccc2c(c1)CCO2. The molecule has 1 aliphatic heterocycles. The molecule has 7 nitrogen and oxygen atoms in total. The number of fused-ring (bicyclic) bond motifs is 1. The molecular formula is C18H22N4O3. The van der Waals surface area contributed by atoms with Gasteiger partial charge in [-0.1, -0.05) is 0 Å². The molecule has 25 heavy (non-hydrogen) atoms. The largest absolute Gasteiger partial charge is 0.493 e. The van der Waals surface area contributed by atoms with E-state index in [0.717, 1.165) is 23.3 Å². The van der Waals surface area contributed by atoms with Gasteiger partial charge in [-0.25, -0.2) is 0 Å². The van der Waals surface area contributed by atoms with Crippen molar-refractivity contribution >= 4 is 11.8 Å². The molecule has 1 aliphatic rings. The number of hydrogen-bond acceptors (Lipinski definition) is 4. The number of aromatic amines is 1. The quantitative estimate of drug-likeness (QED) is 0.863. The predicted octanol–water partition coefficient (Wildman–Crippen LogP) is 1.54. The third-order valence-electron chi connectivity index (χ3n) is 4.53. The van der Waals surface area contributed by atoms with Crippen LogP contribution >= 0.6 is 0 Å². The molecule has 1 unspecified atom stereocenters. The van der Waals surface area contributed by atoms with Crippen LogP contribution in [0.1, 0.15) is 38.9 Å². The molecule has 2 amide bonds. The molecule has 7 heteroatoms. The first-order chi connectivity index (χ1) is 12.0. The van der Waals surface area contributed by atoms with Gasteiger partial charge in [0, 0.05) is 31.6 Å². The van der Waals surface area contributed by atoms with Crippen LogP contribution in [0.3, 0.4) is 0 Å². The average molecular weight is 342 g/mol. The van der Waals surface area contributed by atoms with Crippen LogP contribution in [0.4, 0.5) is 0 Å². The number of carbonyl (C=O) groups is 2. The fourth-order valence-corrected chi connectivity index (χ4v) is 2.75. The van der Waals surface area contributed by atoms with Gasteiger partial charge >= 0.3 is 0 Å². The monoisotopic (exact) mass is 342 g/mol. The Labute approximate surface area is 146 Å². The molecule has 1 aromatic heterocycles. The Morgan fingerprint density at radius 2 is 2.24 bits per heavy atom. The second kappa shape index (κ2) is 6.96. The van der Waals surface area contributed by atoms with E-state index in [1.807, 2.05) is 26.0 Å². The van der Waals surface area contributed by atoms with Crippen molar-refractivity contribution in [3.63, 3.8) is 0 Å². The Morgan fingerprint density at radius 3 is 2.96 bits per heavy atom. The molecule has 0 aliphatic carbocycles. The first-order valence-corrected chi connectivity index (χ1v) is 8.28. The van der Waals surface area contributed by atoms with E-state index in [0.29, 0.717) is 24.4 Å². The van der Waals surface area contributed by atoms with E-state index in [9.17, 15) is 9.59 Å². The van der Waals surface area contributed by atoms with E-state index in [1.54, 1.807) is 24.2 Å². The number of amides is 2. The standard InChI is InChI=1S/C18H22N4O3/c1-11-9-20-21-16(11)18(24)22(3)12(2)10-19-17(23)14-4-5-15-13(8-14)6-7-25-15/h4-5,8-9,12H,6-7,10H2,1-3H3,(H,19,23)(H,20,21). The molecule has 132 valence electrons. The van der Waals surface area contributed by atoms with E-state index in [-0.39, 0.29) is 17.9 Å². The summed E-state index contributed by atoms with van der Waals surface area (Å²) < 4.78 is 5.45. The number of nitrogens with one attached hydrogen (secondary N) is 2. The minimum Gasteiger partial charge on any atom is -0.493 e. The number of rotatable bonds is 5. The molecule has 3 rings (SSSR count). The maximum absolute atomic E-state index is 12.4. The van der Waals surface area contributed by atoms with E-state index >= 15 is 0 Å². The summed E-state index contributed by atoms with van der Waals surface area (Å²) in [6.45, 7) is 4.74. The third kappa shape index (κ3) is 3.50. The van der Waals surface area contributed by atoms with Gasteiger partial charge in [0.05, 0.1) is 12.8 Å². The van der Waals surface area contributed by atoms with Crippen LogP contribution in [0.25, 0.3) is 0 Å². The Kier molecular flexibility index (Phi) is 4.74. The first-order valence-electron chi connectivity index (χ1n) is 8.28. The smallest absolute Gasteiger partial charge is 0.272 e. The summed E-state index contributed by atoms with van der Waals surface area (Å²) in [5, 5.41) is 9.48. The lowest BCUT2D eigenvalue weighted by molar-refractivity contribution is 0.0725. The van der Waals surface area contributed by atoms with Gasteiger partial charge in [0.2, 0.25) is 0 Å². The Bertz CT molecular complexity index is 799. The van der Waals surface area contributed by atoms with Gasteiger partial charge < -0.3 is 15.0 Å². The maximum Gasteiger partial charge on any atom is 0.272 e. The van der Waals surface area contributed by atoms with Gasteiger partial charge in [-0.3, -0.25) is 14.7 Å². The topological polar surface area (TPSA) is 87.3 Å². The third-order valence-corrected chi connectivity index (χ3v) is 4.53. The zero-order valence-corrected chi connectivity index (χ0v) is 14.6. The van der Waals surface area contributed by atoms with E-state index in [1.165, 1.54) is 0 Å². The molecule has 0 saturated carbocycles. The van der Waals surface area contributed by atoms with E-state index in [2.05, 4.69) is 15.5 Å². The van der Waals surface area contributed by atoms with Crippen molar-refractivity contribution < 1.29 is 14.3 Å². The second-order valence-electron chi connectivity index (χ2n) is 6.32. The normalized spacial score (nSPS) is 13.7. The fourth-order valence-electron chi connectivity index (χ4n) is 2.75. The van der Waals surface area contributed by atoms with Crippen molar-refractivity contribution in [2.45, 2.75) is 26.3 Å². The van der Waals surface area contributed by atoms with Crippen LogP contribution in [0.15, 0.2) is 24.4 Å². The molecule has 0 fully saturated rings. The van der Waals surface area contributed by atoms with Crippen LogP contribution in [0.2, 0.25) is 0 Å². The van der Waals surface area contributed by atoms with Crippen molar-refractivity contribution in [2.24, 2.45) is 0 Å². The number of carbonyl (C=O) groups excluding carboxylic acids is 2.